The summed E-state index contributed by atoms with van der Waals surface area (Å²) in [6, 6.07) is 3.97. The summed E-state index contributed by atoms with van der Waals surface area (Å²) in [5.74, 6) is -2.34. The Morgan fingerprint density at radius 1 is 1.41 bits per heavy atom. The van der Waals surface area contributed by atoms with Crippen LogP contribution in [0.5, 0.6) is 0 Å². The fraction of sp³-hybridized carbons (Fsp3) is 0.0909. The van der Waals surface area contributed by atoms with Crippen LogP contribution < -0.4 is 5.32 Å². The number of carboxylic acids is 1. The van der Waals surface area contributed by atoms with Gasteiger partial charge in [-0.3, -0.25) is 4.79 Å². The molecule has 17 heavy (non-hydrogen) atoms. The molecule has 2 N–H and O–H groups in total. The maximum Gasteiger partial charge on any atom is 0.328 e. The monoisotopic (exact) mass is 257 g/mol. The predicted octanol–water partition coefficient (Wildman–Crippen LogP) is 1.74. The van der Waals surface area contributed by atoms with Gasteiger partial charge >= 0.3 is 5.97 Å². The van der Waals surface area contributed by atoms with Crippen LogP contribution in [0.2, 0.25) is 5.02 Å². The zero-order chi connectivity index (χ0) is 12.8. The summed E-state index contributed by atoms with van der Waals surface area (Å²) in [5, 5.41) is 11.0. The number of carbonyl (C=O) groups is 2. The second-order valence-corrected chi connectivity index (χ2v) is 3.56. The molecule has 0 spiro atoms. The van der Waals surface area contributed by atoms with Crippen molar-refractivity contribution in [2.24, 2.45) is 0 Å². The highest BCUT2D eigenvalue weighted by Crippen LogP contribution is 2.14. The van der Waals surface area contributed by atoms with Crippen LogP contribution in [0.15, 0.2) is 30.4 Å². The lowest BCUT2D eigenvalue weighted by Crippen LogP contribution is -2.21. The van der Waals surface area contributed by atoms with Crippen molar-refractivity contribution < 1.29 is 19.1 Å². The second kappa shape index (κ2) is 6.00. The molecule has 0 unspecified atom stereocenters. The first-order valence-electron chi connectivity index (χ1n) is 4.62. The molecular weight excluding hydrogens is 249 g/mol. The predicted molar refractivity (Wildman–Crippen MR) is 60.0 cm³/mol. The SMILES string of the molecule is O=C(O)/C=C/C(=O)NCc1cc(Cl)ccc1F. The van der Waals surface area contributed by atoms with Crippen LogP contribution in [0, 0.1) is 5.82 Å². The third kappa shape index (κ3) is 4.65. The number of rotatable bonds is 4. The molecule has 0 aliphatic carbocycles. The summed E-state index contributed by atoms with van der Waals surface area (Å²) in [7, 11) is 0. The number of halogens is 2. The van der Waals surface area contributed by atoms with Gasteiger partial charge in [-0.2, -0.15) is 0 Å². The summed E-state index contributed by atoms with van der Waals surface area (Å²) in [6.07, 6.45) is 1.55. The molecule has 0 aliphatic heterocycles. The highest BCUT2D eigenvalue weighted by molar-refractivity contribution is 6.30. The lowest BCUT2D eigenvalue weighted by molar-refractivity contribution is -0.131. The minimum Gasteiger partial charge on any atom is -0.478 e. The van der Waals surface area contributed by atoms with Gasteiger partial charge in [0.2, 0.25) is 5.91 Å². The Bertz CT molecular complexity index is 474. The van der Waals surface area contributed by atoms with Crippen molar-refractivity contribution in [2.75, 3.05) is 0 Å². The molecule has 0 aromatic heterocycles. The Morgan fingerprint density at radius 3 is 2.76 bits per heavy atom. The van der Waals surface area contributed by atoms with Crippen molar-refractivity contribution in [3.05, 3.63) is 46.8 Å². The summed E-state index contributed by atoms with van der Waals surface area (Å²) < 4.78 is 13.2. The Kier molecular flexibility index (Phi) is 4.66. The first-order chi connectivity index (χ1) is 7.99. The number of hydrogen-bond donors (Lipinski definition) is 2. The van der Waals surface area contributed by atoms with Gasteiger partial charge < -0.3 is 10.4 Å². The third-order valence-electron chi connectivity index (χ3n) is 1.84. The van der Waals surface area contributed by atoms with Gasteiger partial charge in [0.1, 0.15) is 5.82 Å². The average molecular weight is 258 g/mol. The molecule has 0 atom stereocenters. The van der Waals surface area contributed by atoms with E-state index < -0.39 is 17.7 Å². The maximum absolute atomic E-state index is 13.2. The number of carboxylic acid groups (broad SMARTS) is 1. The molecule has 0 bridgehead atoms. The van der Waals surface area contributed by atoms with E-state index in [0.29, 0.717) is 11.1 Å². The lowest BCUT2D eigenvalue weighted by Gasteiger charge is -2.04. The summed E-state index contributed by atoms with van der Waals surface area (Å²) in [6.45, 7) is -0.0603. The standard InChI is InChI=1S/C11H9ClFNO3/c12-8-1-2-9(13)7(5-8)6-14-10(15)3-4-11(16)17/h1-5H,6H2,(H,14,15)(H,16,17)/b4-3+. The van der Waals surface area contributed by atoms with E-state index in [1.807, 2.05) is 0 Å². The van der Waals surface area contributed by atoms with Crippen LogP contribution in [-0.2, 0) is 16.1 Å². The smallest absolute Gasteiger partial charge is 0.328 e. The summed E-state index contributed by atoms with van der Waals surface area (Å²) >= 11 is 5.66. The first kappa shape index (κ1) is 13.2. The molecule has 90 valence electrons. The van der Waals surface area contributed by atoms with Gasteiger partial charge in [-0.25, -0.2) is 9.18 Å². The third-order valence-corrected chi connectivity index (χ3v) is 2.07. The van der Waals surface area contributed by atoms with Crippen molar-refractivity contribution in [2.45, 2.75) is 6.54 Å². The van der Waals surface area contributed by atoms with Crippen molar-refractivity contribution in [1.82, 2.24) is 5.32 Å². The van der Waals surface area contributed by atoms with Crippen molar-refractivity contribution in [3.8, 4) is 0 Å². The molecule has 1 rings (SSSR count). The fourth-order valence-corrected chi connectivity index (χ4v) is 1.26. The minimum atomic E-state index is -1.23. The molecule has 1 amide bonds. The zero-order valence-corrected chi connectivity index (χ0v) is 9.37. The van der Waals surface area contributed by atoms with Crippen molar-refractivity contribution >= 4 is 23.5 Å². The van der Waals surface area contributed by atoms with Gasteiger partial charge in [0, 0.05) is 29.3 Å². The molecule has 0 heterocycles. The Morgan fingerprint density at radius 2 is 2.12 bits per heavy atom. The highest BCUT2D eigenvalue weighted by Gasteiger charge is 2.04. The van der Waals surface area contributed by atoms with Gasteiger partial charge in [0.15, 0.2) is 0 Å². The molecule has 1 aromatic rings. The van der Waals surface area contributed by atoms with E-state index in [0.717, 1.165) is 6.08 Å². The van der Waals surface area contributed by atoms with E-state index in [1.165, 1.54) is 18.2 Å². The minimum absolute atomic E-state index is 0.0603. The topological polar surface area (TPSA) is 66.4 Å². The normalized spacial score (nSPS) is 10.5. The van der Waals surface area contributed by atoms with E-state index in [4.69, 9.17) is 16.7 Å². The number of carbonyl (C=O) groups excluding carboxylic acids is 1. The van der Waals surface area contributed by atoms with Gasteiger partial charge in [-0.05, 0) is 18.2 Å². The van der Waals surface area contributed by atoms with E-state index in [2.05, 4.69) is 5.32 Å². The lowest BCUT2D eigenvalue weighted by atomic mass is 10.2. The highest BCUT2D eigenvalue weighted by atomic mass is 35.5. The quantitative estimate of drug-likeness (QED) is 0.808. The number of amides is 1. The van der Waals surface area contributed by atoms with Gasteiger partial charge in [0.05, 0.1) is 0 Å². The molecule has 6 heteroatoms. The van der Waals surface area contributed by atoms with Crippen LogP contribution in [0.4, 0.5) is 4.39 Å². The number of nitrogens with one attached hydrogen (secondary N) is 1. The number of aliphatic carboxylic acids is 1. The van der Waals surface area contributed by atoms with Gasteiger partial charge in [-0.1, -0.05) is 11.6 Å². The summed E-state index contributed by atoms with van der Waals surface area (Å²) in [4.78, 5) is 21.2. The van der Waals surface area contributed by atoms with E-state index in [-0.39, 0.29) is 12.1 Å². The van der Waals surface area contributed by atoms with E-state index >= 15 is 0 Å². The average Bonchev–Trinajstić information content (AvgIpc) is 2.27. The molecule has 0 saturated carbocycles. The number of hydrogen-bond acceptors (Lipinski definition) is 2. The Labute approximate surface area is 102 Å². The molecule has 0 saturated heterocycles. The van der Waals surface area contributed by atoms with E-state index in [9.17, 15) is 14.0 Å². The van der Waals surface area contributed by atoms with E-state index in [1.54, 1.807) is 0 Å². The summed E-state index contributed by atoms with van der Waals surface area (Å²) in [5.41, 5.74) is 0.231. The van der Waals surface area contributed by atoms with Crippen LogP contribution in [-0.4, -0.2) is 17.0 Å². The van der Waals surface area contributed by atoms with Gasteiger partial charge in [-0.15, -0.1) is 0 Å². The van der Waals surface area contributed by atoms with Crippen molar-refractivity contribution in [1.29, 1.82) is 0 Å². The molecule has 4 nitrogen and oxygen atoms in total. The van der Waals surface area contributed by atoms with Crippen LogP contribution in [0.1, 0.15) is 5.56 Å². The maximum atomic E-state index is 13.2. The van der Waals surface area contributed by atoms with Crippen LogP contribution >= 0.6 is 11.6 Å². The molecule has 1 aromatic carbocycles. The van der Waals surface area contributed by atoms with Crippen LogP contribution in [0.25, 0.3) is 0 Å². The fourth-order valence-electron chi connectivity index (χ4n) is 1.07. The molecule has 0 aliphatic rings. The second-order valence-electron chi connectivity index (χ2n) is 3.13. The molecule has 0 fully saturated rings. The number of benzene rings is 1. The molecular formula is C11H9ClFNO3. The van der Waals surface area contributed by atoms with Crippen LogP contribution in [0.3, 0.4) is 0 Å². The Balaban J connectivity index is 2.58. The largest absolute Gasteiger partial charge is 0.478 e. The molecule has 0 radical (unpaired) electrons. The van der Waals surface area contributed by atoms with Crippen molar-refractivity contribution in [3.63, 3.8) is 0 Å². The Hall–Kier alpha value is -1.88. The first-order valence-corrected chi connectivity index (χ1v) is 4.99. The van der Waals surface area contributed by atoms with Gasteiger partial charge in [0.25, 0.3) is 0 Å². The zero-order valence-electron chi connectivity index (χ0n) is 8.61.